The Hall–Kier alpha value is -2.99. The third-order valence-corrected chi connectivity index (χ3v) is 4.78. The van der Waals surface area contributed by atoms with Gasteiger partial charge in [-0.15, -0.1) is 0 Å². The van der Waals surface area contributed by atoms with Crippen LogP contribution in [0.15, 0.2) is 51.9 Å². The summed E-state index contributed by atoms with van der Waals surface area (Å²) < 4.78 is 5.83. The summed E-state index contributed by atoms with van der Waals surface area (Å²) >= 11 is 0. The monoisotopic (exact) mass is 350 g/mol. The Kier molecular flexibility index (Phi) is 4.05. The first kappa shape index (κ1) is 16.5. The highest BCUT2D eigenvalue weighted by atomic mass is 16.3. The number of carbonyl (C=O) groups excluding carboxylic acids is 1. The van der Waals surface area contributed by atoms with Crippen molar-refractivity contribution in [3.63, 3.8) is 0 Å². The summed E-state index contributed by atoms with van der Waals surface area (Å²) in [5.41, 5.74) is 2.25. The van der Waals surface area contributed by atoms with Gasteiger partial charge in [0.15, 0.2) is 5.43 Å². The predicted molar refractivity (Wildman–Crippen MR) is 96.1 cm³/mol. The van der Waals surface area contributed by atoms with Crippen molar-refractivity contribution in [1.82, 2.24) is 9.88 Å². The van der Waals surface area contributed by atoms with Crippen LogP contribution in [-0.4, -0.2) is 34.0 Å². The van der Waals surface area contributed by atoms with Crippen LogP contribution in [0.4, 0.5) is 0 Å². The Bertz CT molecular complexity index is 1040. The Morgan fingerprint density at radius 2 is 2.12 bits per heavy atom. The molecule has 2 aromatic heterocycles. The molecule has 132 valence electrons. The number of carbonyl (C=O) groups is 1. The van der Waals surface area contributed by atoms with Gasteiger partial charge in [0.1, 0.15) is 5.58 Å². The number of aryl methyl sites for hydroxylation is 1. The average molecular weight is 350 g/mol. The number of rotatable bonds is 4. The lowest BCUT2D eigenvalue weighted by Crippen LogP contribution is -2.32. The summed E-state index contributed by atoms with van der Waals surface area (Å²) in [6.45, 7) is 1.92. The highest BCUT2D eigenvalue weighted by Crippen LogP contribution is 2.37. The molecule has 6 heteroatoms. The van der Waals surface area contributed by atoms with Crippen molar-refractivity contribution in [3.8, 4) is 0 Å². The molecular weight excluding hydrogens is 332 g/mol. The van der Waals surface area contributed by atoms with E-state index in [-0.39, 0.29) is 30.2 Å². The van der Waals surface area contributed by atoms with E-state index in [1.165, 1.54) is 4.90 Å². The summed E-state index contributed by atoms with van der Waals surface area (Å²) in [6.07, 6.45) is 4.06. The molecule has 0 fully saturated rings. The van der Waals surface area contributed by atoms with E-state index in [4.69, 9.17) is 4.42 Å². The zero-order valence-corrected chi connectivity index (χ0v) is 14.3. The molecule has 1 N–H and O–H groups in total. The van der Waals surface area contributed by atoms with Gasteiger partial charge in [0.2, 0.25) is 5.76 Å². The molecule has 4 rings (SSSR count). The predicted octanol–water partition coefficient (Wildman–Crippen LogP) is 2.29. The van der Waals surface area contributed by atoms with Gasteiger partial charge in [-0.05, 0) is 35.7 Å². The van der Waals surface area contributed by atoms with Crippen molar-refractivity contribution in [2.24, 2.45) is 0 Å². The summed E-state index contributed by atoms with van der Waals surface area (Å²) in [5.74, 6) is -0.337. The van der Waals surface area contributed by atoms with Crippen LogP contribution in [0.5, 0.6) is 0 Å². The number of aliphatic hydroxyl groups is 1. The van der Waals surface area contributed by atoms with Crippen LogP contribution in [0.25, 0.3) is 11.0 Å². The fourth-order valence-corrected chi connectivity index (χ4v) is 3.51. The summed E-state index contributed by atoms with van der Waals surface area (Å²) in [7, 11) is 0. The molecule has 3 heterocycles. The number of fused-ring (bicyclic) bond motifs is 2. The average Bonchev–Trinajstić information content (AvgIpc) is 2.95. The Labute approximate surface area is 149 Å². The van der Waals surface area contributed by atoms with Crippen LogP contribution >= 0.6 is 0 Å². The second-order valence-corrected chi connectivity index (χ2v) is 6.27. The van der Waals surface area contributed by atoms with Crippen molar-refractivity contribution in [1.29, 1.82) is 0 Å². The third-order valence-electron chi connectivity index (χ3n) is 4.78. The lowest BCUT2D eigenvalue weighted by molar-refractivity contribution is 0.0691. The van der Waals surface area contributed by atoms with Crippen LogP contribution < -0.4 is 5.43 Å². The van der Waals surface area contributed by atoms with Gasteiger partial charge in [-0.25, -0.2) is 0 Å². The van der Waals surface area contributed by atoms with E-state index in [9.17, 15) is 14.7 Å². The number of β-amino-alcohol motifs (C(OH)–C–C–N with tert-alkyl or cyclic N) is 1. The first-order chi connectivity index (χ1) is 12.7. The van der Waals surface area contributed by atoms with Crippen LogP contribution in [0.2, 0.25) is 0 Å². The lowest BCUT2D eigenvalue weighted by Gasteiger charge is -2.23. The standard InChI is InChI=1S/C20H18N2O4/c1-2-12-5-6-15-14(10-12)18(24)16-17(13-4-3-7-21-11-13)22(8-9-23)20(25)19(16)26-15/h3-7,10-11,17,23H,2,8-9H2,1H3. The first-order valence-electron chi connectivity index (χ1n) is 8.57. The van der Waals surface area contributed by atoms with E-state index >= 15 is 0 Å². The quantitative estimate of drug-likeness (QED) is 0.780. The minimum absolute atomic E-state index is 0.0500. The number of pyridine rings is 1. The van der Waals surface area contributed by atoms with Gasteiger partial charge in [-0.3, -0.25) is 14.6 Å². The largest absolute Gasteiger partial charge is 0.450 e. The number of benzene rings is 1. The molecule has 1 amide bonds. The highest BCUT2D eigenvalue weighted by molar-refractivity contribution is 5.99. The SMILES string of the molecule is CCc1ccc2oc3c(c(=O)c2c1)C(c1cccnc1)N(CCO)C3=O. The highest BCUT2D eigenvalue weighted by Gasteiger charge is 2.42. The van der Waals surface area contributed by atoms with Crippen molar-refractivity contribution < 1.29 is 14.3 Å². The zero-order chi connectivity index (χ0) is 18.3. The molecule has 3 aromatic rings. The molecule has 1 unspecified atom stereocenters. The summed E-state index contributed by atoms with van der Waals surface area (Å²) in [5, 5.41) is 9.86. The number of aliphatic hydroxyl groups excluding tert-OH is 1. The molecule has 1 aliphatic heterocycles. The van der Waals surface area contributed by atoms with Gasteiger partial charge in [0, 0.05) is 18.9 Å². The molecular formula is C20H18N2O4. The van der Waals surface area contributed by atoms with Crippen molar-refractivity contribution in [2.45, 2.75) is 19.4 Å². The number of nitrogens with zero attached hydrogens (tertiary/aromatic N) is 2. The minimum Gasteiger partial charge on any atom is -0.450 e. The van der Waals surface area contributed by atoms with Crippen molar-refractivity contribution in [3.05, 3.63) is 75.4 Å². The fourth-order valence-electron chi connectivity index (χ4n) is 3.51. The van der Waals surface area contributed by atoms with E-state index < -0.39 is 6.04 Å². The van der Waals surface area contributed by atoms with Gasteiger partial charge >= 0.3 is 0 Å². The molecule has 1 aliphatic rings. The van der Waals surface area contributed by atoms with Gasteiger partial charge in [-0.2, -0.15) is 0 Å². The molecule has 0 aliphatic carbocycles. The topological polar surface area (TPSA) is 83.6 Å². The van der Waals surface area contributed by atoms with Gasteiger partial charge in [0.25, 0.3) is 5.91 Å². The van der Waals surface area contributed by atoms with Gasteiger partial charge in [-0.1, -0.05) is 19.1 Å². The second kappa shape index (κ2) is 6.38. The molecule has 26 heavy (non-hydrogen) atoms. The molecule has 0 spiro atoms. The third kappa shape index (κ3) is 2.42. The molecule has 6 nitrogen and oxygen atoms in total. The van der Waals surface area contributed by atoms with E-state index in [0.717, 1.165) is 12.0 Å². The molecule has 0 radical (unpaired) electrons. The molecule has 1 aromatic carbocycles. The first-order valence-corrected chi connectivity index (χ1v) is 8.57. The molecule has 1 atom stereocenters. The number of amides is 1. The van der Waals surface area contributed by atoms with E-state index in [2.05, 4.69) is 4.98 Å². The second-order valence-electron chi connectivity index (χ2n) is 6.27. The zero-order valence-electron chi connectivity index (χ0n) is 14.3. The van der Waals surface area contributed by atoms with E-state index in [0.29, 0.717) is 22.1 Å². The lowest BCUT2D eigenvalue weighted by atomic mass is 9.99. The van der Waals surface area contributed by atoms with Crippen LogP contribution in [0.1, 0.15) is 40.2 Å². The number of aromatic nitrogens is 1. The Balaban J connectivity index is 2.01. The molecule has 0 saturated heterocycles. The van der Waals surface area contributed by atoms with Gasteiger partial charge in [0.05, 0.1) is 23.6 Å². The minimum atomic E-state index is -0.607. The maximum Gasteiger partial charge on any atom is 0.290 e. The normalized spacial score (nSPS) is 16.3. The Morgan fingerprint density at radius 3 is 2.81 bits per heavy atom. The Morgan fingerprint density at radius 1 is 1.27 bits per heavy atom. The fraction of sp³-hybridized carbons (Fsp3) is 0.250. The van der Waals surface area contributed by atoms with Crippen LogP contribution in [-0.2, 0) is 6.42 Å². The van der Waals surface area contributed by atoms with Crippen molar-refractivity contribution >= 4 is 16.9 Å². The van der Waals surface area contributed by atoms with E-state index in [1.54, 1.807) is 24.5 Å². The van der Waals surface area contributed by atoms with Gasteiger partial charge < -0.3 is 14.4 Å². The van der Waals surface area contributed by atoms with Crippen LogP contribution in [0.3, 0.4) is 0 Å². The maximum absolute atomic E-state index is 13.2. The van der Waals surface area contributed by atoms with E-state index in [1.807, 2.05) is 25.1 Å². The smallest absolute Gasteiger partial charge is 0.290 e. The number of hydrogen-bond acceptors (Lipinski definition) is 5. The van der Waals surface area contributed by atoms with Crippen LogP contribution in [0, 0.1) is 0 Å². The number of hydrogen-bond donors (Lipinski definition) is 1. The molecule has 0 bridgehead atoms. The summed E-state index contributed by atoms with van der Waals surface area (Å²) in [4.78, 5) is 31.7. The maximum atomic E-state index is 13.2. The molecule has 0 saturated carbocycles. The summed E-state index contributed by atoms with van der Waals surface area (Å²) in [6, 6.07) is 8.41. The van der Waals surface area contributed by atoms with Crippen molar-refractivity contribution in [2.75, 3.05) is 13.2 Å².